The highest BCUT2D eigenvalue weighted by Crippen LogP contribution is 2.14. The van der Waals surface area contributed by atoms with Crippen LogP contribution < -0.4 is 10.6 Å². The van der Waals surface area contributed by atoms with Crippen LogP contribution in [0.1, 0.15) is 22.3 Å². The fourth-order valence-electron chi connectivity index (χ4n) is 4.28. The fraction of sp³-hybridized carbons (Fsp3) is 0.357. The molecule has 5 rings (SSSR count). The molecule has 4 heteroatoms. The minimum Gasteiger partial charge on any atom is -0.314 e. The van der Waals surface area contributed by atoms with Crippen molar-refractivity contribution in [3.05, 3.63) is 107 Å². The number of fused-ring (bicyclic) bond motifs is 13. The van der Waals surface area contributed by atoms with Crippen LogP contribution in [0.3, 0.4) is 0 Å². The lowest BCUT2D eigenvalue weighted by Gasteiger charge is -2.25. The van der Waals surface area contributed by atoms with Crippen LogP contribution in [0.4, 0.5) is 0 Å². The summed E-state index contributed by atoms with van der Waals surface area (Å²) >= 11 is 0. The minimum absolute atomic E-state index is 0.975. The number of nitrogens with one attached hydrogen (secondary N) is 2. The zero-order valence-electron chi connectivity index (χ0n) is 19.0. The van der Waals surface area contributed by atoms with Crippen LogP contribution in [-0.4, -0.2) is 49.1 Å². The molecule has 32 heavy (non-hydrogen) atoms. The molecule has 0 fully saturated rings. The summed E-state index contributed by atoms with van der Waals surface area (Å²) in [6, 6.07) is 30.8. The second kappa shape index (κ2) is 12.5. The van der Waals surface area contributed by atoms with E-state index in [9.17, 15) is 0 Å². The first kappa shape index (κ1) is 22.7. The van der Waals surface area contributed by atoms with E-state index in [1.54, 1.807) is 0 Å². The Morgan fingerprint density at radius 1 is 0.500 bits per heavy atom. The van der Waals surface area contributed by atoms with E-state index in [-0.39, 0.29) is 0 Å². The lowest BCUT2D eigenvalue weighted by Crippen LogP contribution is -2.37. The summed E-state index contributed by atoms with van der Waals surface area (Å²) in [7, 11) is 0. The van der Waals surface area contributed by atoms with Gasteiger partial charge in [-0.3, -0.25) is 9.80 Å². The molecule has 0 atom stereocenters. The van der Waals surface area contributed by atoms with Gasteiger partial charge in [0, 0.05) is 65.4 Å². The first-order valence-corrected chi connectivity index (χ1v) is 11.9. The Hall–Kier alpha value is -2.50. The molecule has 0 saturated heterocycles. The molecule has 168 valence electrons. The molecule has 3 aromatic rings. The molecule has 2 aliphatic rings. The van der Waals surface area contributed by atoms with Gasteiger partial charge >= 0.3 is 0 Å². The molecule has 0 saturated carbocycles. The first-order valence-electron chi connectivity index (χ1n) is 11.9. The maximum atomic E-state index is 3.61. The predicted octanol–water partition coefficient (Wildman–Crippen LogP) is 3.88. The Labute approximate surface area is 193 Å². The van der Waals surface area contributed by atoms with Crippen LogP contribution in [0.15, 0.2) is 84.9 Å². The number of hydrogen-bond donors (Lipinski definition) is 2. The van der Waals surface area contributed by atoms with E-state index in [0.29, 0.717) is 0 Å². The maximum Gasteiger partial charge on any atom is 0.0237 e. The van der Waals surface area contributed by atoms with Crippen LogP contribution in [0.25, 0.3) is 0 Å². The summed E-state index contributed by atoms with van der Waals surface area (Å²) in [5.41, 5.74) is 5.51. The van der Waals surface area contributed by atoms with E-state index in [1.807, 2.05) is 0 Å². The number of nitrogens with zero attached hydrogens (tertiary/aromatic N) is 2. The van der Waals surface area contributed by atoms with Crippen molar-refractivity contribution in [3.8, 4) is 0 Å². The van der Waals surface area contributed by atoms with Crippen molar-refractivity contribution in [2.45, 2.75) is 26.2 Å². The van der Waals surface area contributed by atoms with Gasteiger partial charge in [0.25, 0.3) is 0 Å². The highest BCUT2D eigenvalue weighted by molar-refractivity contribution is 5.23. The van der Waals surface area contributed by atoms with E-state index in [2.05, 4.69) is 105 Å². The largest absolute Gasteiger partial charge is 0.314 e. The SMILES string of the molecule is c1ccc(CN2CCNCCNCCN(Cc3ccccc3)Cc3ccc(cc3)C2)cc1. The third-order valence-electron chi connectivity index (χ3n) is 6.02. The van der Waals surface area contributed by atoms with E-state index < -0.39 is 0 Å². The Morgan fingerprint density at radius 2 is 0.906 bits per heavy atom. The Balaban J connectivity index is 1.45. The molecule has 2 heterocycles. The Morgan fingerprint density at radius 3 is 1.31 bits per heavy atom. The fourth-order valence-corrected chi connectivity index (χ4v) is 4.28. The molecule has 0 aromatic heterocycles. The number of rotatable bonds is 4. The van der Waals surface area contributed by atoms with E-state index in [4.69, 9.17) is 0 Å². The quantitative estimate of drug-likeness (QED) is 0.618. The number of hydrogen-bond acceptors (Lipinski definition) is 4. The normalized spacial score (nSPS) is 17.4. The summed E-state index contributed by atoms with van der Waals surface area (Å²) in [6.45, 7) is 10.0. The van der Waals surface area contributed by atoms with Gasteiger partial charge < -0.3 is 10.6 Å². The third-order valence-corrected chi connectivity index (χ3v) is 6.02. The first-order chi connectivity index (χ1) is 15.8. The Bertz CT molecular complexity index is 819. The molecule has 0 radical (unpaired) electrons. The second-order valence-electron chi connectivity index (χ2n) is 8.71. The van der Waals surface area contributed by atoms with Crippen LogP contribution in [0, 0.1) is 0 Å². The molecule has 0 aliphatic carbocycles. The number of benzene rings is 3. The highest BCUT2D eigenvalue weighted by atomic mass is 15.1. The summed E-state index contributed by atoms with van der Waals surface area (Å²) in [4.78, 5) is 5.08. The van der Waals surface area contributed by atoms with Crippen LogP contribution in [-0.2, 0) is 26.2 Å². The molecule has 0 amide bonds. The maximum absolute atomic E-state index is 3.61. The van der Waals surface area contributed by atoms with Crippen molar-refractivity contribution in [1.82, 2.24) is 20.4 Å². The summed E-state index contributed by atoms with van der Waals surface area (Å²) in [5, 5.41) is 7.22. The summed E-state index contributed by atoms with van der Waals surface area (Å²) in [5.74, 6) is 0. The van der Waals surface area contributed by atoms with Gasteiger partial charge in [-0.1, -0.05) is 84.9 Å². The zero-order chi connectivity index (χ0) is 21.8. The van der Waals surface area contributed by atoms with Gasteiger partial charge in [0.1, 0.15) is 0 Å². The monoisotopic (exact) mass is 428 g/mol. The molecule has 2 N–H and O–H groups in total. The minimum atomic E-state index is 0.975. The van der Waals surface area contributed by atoms with Gasteiger partial charge in [-0.25, -0.2) is 0 Å². The highest BCUT2D eigenvalue weighted by Gasteiger charge is 2.10. The van der Waals surface area contributed by atoms with Crippen molar-refractivity contribution in [2.24, 2.45) is 0 Å². The average Bonchev–Trinajstić information content (AvgIpc) is 2.82. The summed E-state index contributed by atoms with van der Waals surface area (Å²) < 4.78 is 0. The van der Waals surface area contributed by atoms with Crippen molar-refractivity contribution < 1.29 is 0 Å². The topological polar surface area (TPSA) is 30.5 Å². The molecule has 3 aromatic carbocycles. The standard InChI is InChI=1S/C28H36N4/c1-3-7-25(8-4-1)21-31-19-17-29-15-16-30-18-20-32(22-26-9-5-2-6-10-26)24-28-13-11-27(23-31)12-14-28/h1-14,29-30H,15-24H2. The van der Waals surface area contributed by atoms with Gasteiger partial charge in [0.05, 0.1) is 0 Å². The van der Waals surface area contributed by atoms with Crippen LogP contribution in [0.5, 0.6) is 0 Å². The molecular formula is C28H36N4. The van der Waals surface area contributed by atoms with Gasteiger partial charge in [-0.05, 0) is 22.3 Å². The molecule has 2 bridgehead atoms. The molecule has 0 spiro atoms. The van der Waals surface area contributed by atoms with E-state index in [0.717, 1.165) is 65.4 Å². The second-order valence-corrected chi connectivity index (χ2v) is 8.71. The molecule has 2 aliphatic heterocycles. The van der Waals surface area contributed by atoms with Crippen LogP contribution in [0.2, 0.25) is 0 Å². The van der Waals surface area contributed by atoms with Gasteiger partial charge in [0.2, 0.25) is 0 Å². The lowest BCUT2D eigenvalue weighted by atomic mass is 10.1. The van der Waals surface area contributed by atoms with Crippen LogP contribution >= 0.6 is 0 Å². The van der Waals surface area contributed by atoms with Gasteiger partial charge in [-0.15, -0.1) is 0 Å². The van der Waals surface area contributed by atoms with Gasteiger partial charge in [0.15, 0.2) is 0 Å². The molecular weight excluding hydrogens is 392 g/mol. The van der Waals surface area contributed by atoms with Crippen molar-refractivity contribution in [2.75, 3.05) is 39.3 Å². The lowest BCUT2D eigenvalue weighted by molar-refractivity contribution is 0.251. The summed E-state index contributed by atoms with van der Waals surface area (Å²) in [6.07, 6.45) is 0. The van der Waals surface area contributed by atoms with E-state index >= 15 is 0 Å². The molecule has 4 nitrogen and oxygen atoms in total. The Kier molecular flexibility index (Phi) is 8.87. The van der Waals surface area contributed by atoms with Gasteiger partial charge in [-0.2, -0.15) is 0 Å². The smallest absolute Gasteiger partial charge is 0.0237 e. The van der Waals surface area contributed by atoms with E-state index in [1.165, 1.54) is 22.3 Å². The average molecular weight is 429 g/mol. The van der Waals surface area contributed by atoms with Crippen molar-refractivity contribution in [1.29, 1.82) is 0 Å². The third kappa shape index (κ3) is 7.57. The predicted molar refractivity (Wildman–Crippen MR) is 133 cm³/mol. The van der Waals surface area contributed by atoms with Crippen molar-refractivity contribution >= 4 is 0 Å². The zero-order valence-corrected chi connectivity index (χ0v) is 19.0. The van der Waals surface area contributed by atoms with Crippen molar-refractivity contribution in [3.63, 3.8) is 0 Å². The molecule has 0 unspecified atom stereocenters.